The first-order chi connectivity index (χ1) is 55.5. The van der Waals surface area contributed by atoms with E-state index in [0.717, 1.165) is 95.8 Å². The monoisotopic (exact) mass is 1660 g/mol. The summed E-state index contributed by atoms with van der Waals surface area (Å²) in [5, 5.41) is 10.7. The molecule has 5 atom stereocenters. The number of esters is 4. The van der Waals surface area contributed by atoms with Crippen LogP contribution in [0.15, 0.2) is 0 Å². The van der Waals surface area contributed by atoms with Gasteiger partial charge in [0, 0.05) is 25.7 Å². The molecular weight excluding hydrogens is 1470 g/mol. The van der Waals surface area contributed by atoms with Crippen molar-refractivity contribution in [1.82, 2.24) is 0 Å². The molecule has 0 aromatic carbocycles. The fourth-order valence-electron chi connectivity index (χ4n) is 15.1. The summed E-state index contributed by atoms with van der Waals surface area (Å²) in [5.41, 5.74) is 0. The first-order valence-electron chi connectivity index (χ1n) is 49.1. The standard InChI is InChI=1S/C95H186O17P2/c1-6-9-12-15-18-21-24-27-30-33-36-39-42-45-48-51-54-57-63-68-73-78-92(97)105-84-90(111-94(99)80-75-70-65-58-55-52-49-46-43-40-37-34-31-28-25-22-19-16-13-10-7-2)86-109-113(101,102)107-82-89(96)83-108-114(103,104)110-87-91(85-106-93(98)79-74-69-64-61-60-62-67-72-77-88(4)5)112-95(100)81-76-71-66-59-56-53-50-47-44-41-38-35-32-29-26-23-20-17-14-11-8-3/h88-91,96H,6-87H2,1-5H3,(H,101,102)(H,103,104)/t89-,90-,91-/m1/s1. The Morgan fingerprint density at radius 2 is 0.404 bits per heavy atom. The number of phosphoric acid groups is 2. The van der Waals surface area contributed by atoms with Crippen LogP contribution in [0.5, 0.6) is 0 Å². The molecule has 19 heteroatoms. The summed E-state index contributed by atoms with van der Waals surface area (Å²) in [7, 11) is -9.94. The van der Waals surface area contributed by atoms with Crippen LogP contribution < -0.4 is 0 Å². The van der Waals surface area contributed by atoms with Crippen molar-refractivity contribution in [2.45, 2.75) is 541 Å². The molecule has 0 rings (SSSR count). The van der Waals surface area contributed by atoms with E-state index in [-0.39, 0.29) is 25.7 Å². The third-order valence-corrected chi connectivity index (χ3v) is 24.4. The van der Waals surface area contributed by atoms with Gasteiger partial charge in [0.05, 0.1) is 26.4 Å². The number of rotatable bonds is 95. The van der Waals surface area contributed by atoms with E-state index in [1.54, 1.807) is 0 Å². The molecule has 0 aliphatic rings. The molecule has 678 valence electrons. The Morgan fingerprint density at radius 3 is 0.596 bits per heavy atom. The van der Waals surface area contributed by atoms with Crippen LogP contribution in [0, 0.1) is 5.92 Å². The lowest BCUT2D eigenvalue weighted by Crippen LogP contribution is -2.30. The Balaban J connectivity index is 5.21. The number of aliphatic hydroxyl groups is 1. The minimum atomic E-state index is -4.97. The quantitative estimate of drug-likeness (QED) is 0.0222. The summed E-state index contributed by atoms with van der Waals surface area (Å²) >= 11 is 0. The van der Waals surface area contributed by atoms with Gasteiger partial charge in [-0.1, -0.05) is 471 Å². The van der Waals surface area contributed by atoms with Gasteiger partial charge in [0.15, 0.2) is 12.2 Å². The van der Waals surface area contributed by atoms with E-state index in [1.165, 1.54) is 347 Å². The first-order valence-corrected chi connectivity index (χ1v) is 52.1. The largest absolute Gasteiger partial charge is 0.472 e. The van der Waals surface area contributed by atoms with E-state index < -0.39 is 97.5 Å². The minimum Gasteiger partial charge on any atom is -0.462 e. The van der Waals surface area contributed by atoms with Gasteiger partial charge in [-0.25, -0.2) is 9.13 Å². The molecule has 0 fully saturated rings. The summed E-state index contributed by atoms with van der Waals surface area (Å²) in [6.45, 7) is 7.38. The molecule has 0 saturated heterocycles. The van der Waals surface area contributed by atoms with Crippen molar-refractivity contribution in [2.75, 3.05) is 39.6 Å². The summed E-state index contributed by atoms with van der Waals surface area (Å²) in [6.07, 6.45) is 85.1. The zero-order chi connectivity index (χ0) is 83.3. The van der Waals surface area contributed by atoms with Crippen LogP contribution in [0.25, 0.3) is 0 Å². The Kier molecular flexibility index (Phi) is 85.9. The average molecular weight is 1660 g/mol. The highest BCUT2D eigenvalue weighted by atomic mass is 31.2. The van der Waals surface area contributed by atoms with Crippen molar-refractivity contribution >= 4 is 39.5 Å². The van der Waals surface area contributed by atoms with Crippen LogP contribution in [0.4, 0.5) is 0 Å². The van der Waals surface area contributed by atoms with E-state index in [9.17, 15) is 43.2 Å². The number of aliphatic hydroxyl groups excluding tert-OH is 1. The van der Waals surface area contributed by atoms with Crippen LogP contribution in [0.2, 0.25) is 0 Å². The molecule has 114 heavy (non-hydrogen) atoms. The van der Waals surface area contributed by atoms with E-state index >= 15 is 0 Å². The molecule has 0 amide bonds. The number of carbonyl (C=O) groups excluding carboxylic acids is 4. The van der Waals surface area contributed by atoms with Gasteiger partial charge in [-0.15, -0.1) is 0 Å². The second-order valence-corrected chi connectivity index (χ2v) is 37.5. The van der Waals surface area contributed by atoms with Gasteiger partial charge in [-0.05, 0) is 31.6 Å². The molecule has 0 bridgehead atoms. The van der Waals surface area contributed by atoms with Crippen LogP contribution in [0.1, 0.15) is 523 Å². The van der Waals surface area contributed by atoms with Crippen LogP contribution in [0.3, 0.4) is 0 Å². The highest BCUT2D eigenvalue weighted by Crippen LogP contribution is 2.45. The number of ether oxygens (including phenoxy) is 4. The van der Waals surface area contributed by atoms with Gasteiger partial charge in [0.25, 0.3) is 0 Å². The molecule has 0 aromatic rings. The maximum Gasteiger partial charge on any atom is 0.472 e. The third kappa shape index (κ3) is 87.9. The molecular formula is C95H186O17P2. The zero-order valence-electron chi connectivity index (χ0n) is 75.2. The summed E-state index contributed by atoms with van der Waals surface area (Å²) in [5.74, 6) is -1.37. The SMILES string of the molecule is CCCCCCCCCCCCCCCCCCCCCCCC(=O)OC[C@H](COP(=O)(O)OC[C@@H](O)COP(=O)(O)OC[C@@H](COC(=O)CCCCCCCCCCC(C)C)OC(=O)CCCCCCCCCCCCCCCCCCCCCCC)OC(=O)CCCCCCCCCCCCCCCCCCCCCCC. The van der Waals surface area contributed by atoms with Gasteiger partial charge in [0.2, 0.25) is 0 Å². The van der Waals surface area contributed by atoms with Crippen molar-refractivity contribution in [1.29, 1.82) is 0 Å². The number of phosphoric ester groups is 2. The Morgan fingerprint density at radius 1 is 0.237 bits per heavy atom. The van der Waals surface area contributed by atoms with Gasteiger partial charge < -0.3 is 33.8 Å². The van der Waals surface area contributed by atoms with E-state index in [2.05, 4.69) is 34.6 Å². The maximum absolute atomic E-state index is 13.2. The second kappa shape index (κ2) is 87.4. The van der Waals surface area contributed by atoms with Crippen LogP contribution in [-0.4, -0.2) is 96.7 Å². The highest BCUT2D eigenvalue weighted by molar-refractivity contribution is 7.47. The smallest absolute Gasteiger partial charge is 0.462 e. The molecule has 2 unspecified atom stereocenters. The van der Waals surface area contributed by atoms with Crippen molar-refractivity contribution in [3.8, 4) is 0 Å². The van der Waals surface area contributed by atoms with Crippen molar-refractivity contribution in [2.24, 2.45) is 5.92 Å². The molecule has 0 aliphatic carbocycles. The third-order valence-electron chi connectivity index (χ3n) is 22.5. The van der Waals surface area contributed by atoms with Crippen molar-refractivity contribution < 1.29 is 80.2 Å². The van der Waals surface area contributed by atoms with Gasteiger partial charge in [0.1, 0.15) is 19.3 Å². The molecule has 0 spiro atoms. The first kappa shape index (κ1) is 112. The highest BCUT2D eigenvalue weighted by Gasteiger charge is 2.31. The minimum absolute atomic E-state index is 0.109. The zero-order valence-corrected chi connectivity index (χ0v) is 77.0. The Labute approximate surface area is 702 Å². The van der Waals surface area contributed by atoms with E-state index in [0.29, 0.717) is 25.7 Å². The number of unbranched alkanes of at least 4 members (excludes halogenated alkanes) is 67. The molecule has 0 aromatic heterocycles. The Bertz CT molecular complexity index is 2150. The number of hydrogen-bond donors (Lipinski definition) is 3. The van der Waals surface area contributed by atoms with E-state index in [4.69, 9.17) is 37.0 Å². The lowest BCUT2D eigenvalue weighted by atomic mass is 10.0. The van der Waals surface area contributed by atoms with Crippen molar-refractivity contribution in [3.05, 3.63) is 0 Å². The summed E-state index contributed by atoms with van der Waals surface area (Å²) < 4.78 is 69.2. The molecule has 0 radical (unpaired) electrons. The second-order valence-electron chi connectivity index (χ2n) is 34.6. The Hall–Kier alpha value is -1.94. The summed E-state index contributed by atoms with van der Waals surface area (Å²) in [6, 6.07) is 0. The van der Waals surface area contributed by atoms with Crippen LogP contribution in [-0.2, 0) is 65.4 Å². The lowest BCUT2D eigenvalue weighted by molar-refractivity contribution is -0.161. The fraction of sp³-hybridized carbons (Fsp3) is 0.958. The molecule has 0 saturated carbocycles. The van der Waals surface area contributed by atoms with Gasteiger partial charge in [-0.2, -0.15) is 0 Å². The lowest BCUT2D eigenvalue weighted by Gasteiger charge is -2.21. The predicted octanol–water partition coefficient (Wildman–Crippen LogP) is 29.9. The van der Waals surface area contributed by atoms with Crippen LogP contribution >= 0.6 is 15.6 Å². The molecule has 3 N–H and O–H groups in total. The van der Waals surface area contributed by atoms with Crippen molar-refractivity contribution in [3.63, 3.8) is 0 Å². The topological polar surface area (TPSA) is 237 Å². The normalized spacial score (nSPS) is 13.6. The average Bonchev–Trinajstić information content (AvgIpc) is 0.898. The maximum atomic E-state index is 13.2. The van der Waals surface area contributed by atoms with E-state index in [1.807, 2.05) is 0 Å². The number of carbonyl (C=O) groups is 4. The molecule has 0 aliphatic heterocycles. The van der Waals surface area contributed by atoms with Gasteiger partial charge >= 0.3 is 39.5 Å². The fourth-order valence-corrected chi connectivity index (χ4v) is 16.6. The number of hydrogen-bond acceptors (Lipinski definition) is 15. The molecule has 0 heterocycles. The molecule has 17 nitrogen and oxygen atoms in total. The van der Waals surface area contributed by atoms with Gasteiger partial charge in [-0.3, -0.25) is 37.3 Å². The predicted molar refractivity (Wildman–Crippen MR) is 474 cm³/mol. The summed E-state index contributed by atoms with van der Waals surface area (Å²) in [4.78, 5) is 73.5.